The first-order chi connectivity index (χ1) is 9.29. The summed E-state index contributed by atoms with van der Waals surface area (Å²) in [6, 6.07) is 12.1. The highest BCUT2D eigenvalue weighted by atomic mass is 79.9. The maximum atomic E-state index is 5.73. The molecule has 0 atom stereocenters. The van der Waals surface area contributed by atoms with Crippen molar-refractivity contribution in [2.24, 2.45) is 0 Å². The number of hydrogen-bond donors (Lipinski definition) is 1. The van der Waals surface area contributed by atoms with Crippen molar-refractivity contribution in [3.63, 3.8) is 0 Å². The number of aromatic nitrogens is 1. The molecule has 0 radical (unpaired) electrons. The number of benzene rings is 1. The van der Waals surface area contributed by atoms with Crippen molar-refractivity contribution < 1.29 is 4.74 Å². The molecule has 19 heavy (non-hydrogen) atoms. The van der Waals surface area contributed by atoms with Crippen molar-refractivity contribution in [2.45, 2.75) is 20.0 Å². The van der Waals surface area contributed by atoms with Crippen molar-refractivity contribution in [1.29, 1.82) is 0 Å². The molecule has 1 aromatic carbocycles. The summed E-state index contributed by atoms with van der Waals surface area (Å²) in [6.07, 6.45) is 2.09. The minimum atomic E-state index is 0.676. The van der Waals surface area contributed by atoms with Gasteiger partial charge in [0.25, 0.3) is 0 Å². The van der Waals surface area contributed by atoms with Crippen LogP contribution in [0.15, 0.2) is 47.1 Å². The van der Waals surface area contributed by atoms with E-state index in [0.29, 0.717) is 6.61 Å². The van der Waals surface area contributed by atoms with Gasteiger partial charge in [0.15, 0.2) is 0 Å². The van der Waals surface area contributed by atoms with Crippen LogP contribution in [0, 0.1) is 0 Å². The zero-order valence-electron chi connectivity index (χ0n) is 11.1. The van der Waals surface area contributed by atoms with Gasteiger partial charge in [-0.05, 0) is 42.9 Å². The van der Waals surface area contributed by atoms with Gasteiger partial charge in [-0.2, -0.15) is 0 Å². The first-order valence-electron chi connectivity index (χ1n) is 6.52. The predicted octanol–water partition coefficient (Wildman–Crippen LogP) is 3.44. The Morgan fingerprint density at radius 1 is 1.21 bits per heavy atom. The van der Waals surface area contributed by atoms with Crippen LogP contribution >= 0.6 is 15.9 Å². The third-order valence-corrected chi connectivity index (χ3v) is 3.42. The highest BCUT2D eigenvalue weighted by Crippen LogP contribution is 2.16. The van der Waals surface area contributed by atoms with Gasteiger partial charge in [-0.15, -0.1) is 0 Å². The van der Waals surface area contributed by atoms with Crippen LogP contribution in [-0.2, 0) is 13.1 Å². The van der Waals surface area contributed by atoms with Gasteiger partial charge in [-0.25, -0.2) is 0 Å². The molecule has 0 saturated carbocycles. The van der Waals surface area contributed by atoms with E-state index in [1.807, 2.05) is 24.3 Å². The predicted molar refractivity (Wildman–Crippen MR) is 81.4 cm³/mol. The zero-order valence-corrected chi connectivity index (χ0v) is 12.7. The first kappa shape index (κ1) is 14.2. The molecule has 0 aliphatic rings. The largest absolute Gasteiger partial charge is 0.492 e. The molecule has 1 N–H and O–H groups in total. The van der Waals surface area contributed by atoms with E-state index >= 15 is 0 Å². The van der Waals surface area contributed by atoms with E-state index in [0.717, 1.165) is 29.9 Å². The second-order valence-electron chi connectivity index (χ2n) is 4.28. The second kappa shape index (κ2) is 7.36. The van der Waals surface area contributed by atoms with E-state index in [-0.39, 0.29) is 0 Å². The van der Waals surface area contributed by atoms with Crippen LogP contribution in [0.5, 0.6) is 5.75 Å². The van der Waals surface area contributed by atoms with Crippen LogP contribution in [-0.4, -0.2) is 17.7 Å². The van der Waals surface area contributed by atoms with Crippen molar-refractivity contribution in [3.05, 3.63) is 52.8 Å². The fraction of sp³-hybridized carbons (Fsp3) is 0.333. The Labute approximate surface area is 122 Å². The fourth-order valence-electron chi connectivity index (χ4n) is 1.87. The molecular formula is C15H19BrN2O. The minimum Gasteiger partial charge on any atom is -0.492 e. The van der Waals surface area contributed by atoms with Gasteiger partial charge in [0.1, 0.15) is 12.4 Å². The summed E-state index contributed by atoms with van der Waals surface area (Å²) in [5.74, 6) is 0.906. The van der Waals surface area contributed by atoms with E-state index in [1.54, 1.807) is 0 Å². The van der Waals surface area contributed by atoms with Crippen LogP contribution in [0.25, 0.3) is 0 Å². The Balaban J connectivity index is 1.82. The number of ether oxygens (including phenoxy) is 1. The smallest absolute Gasteiger partial charge is 0.119 e. The molecule has 0 aliphatic heterocycles. The normalized spacial score (nSPS) is 10.6. The molecule has 1 aromatic heterocycles. The molecule has 0 saturated heterocycles. The first-order valence-corrected chi connectivity index (χ1v) is 7.32. The number of nitrogens with one attached hydrogen (secondary N) is 1. The zero-order chi connectivity index (χ0) is 13.5. The number of nitrogens with zero attached hydrogens (tertiary/aromatic N) is 1. The van der Waals surface area contributed by atoms with Gasteiger partial charge in [-0.3, -0.25) is 0 Å². The van der Waals surface area contributed by atoms with Crippen molar-refractivity contribution in [1.82, 2.24) is 9.88 Å². The fourth-order valence-corrected chi connectivity index (χ4v) is 2.14. The summed E-state index contributed by atoms with van der Waals surface area (Å²) in [5, 5.41) is 3.34. The van der Waals surface area contributed by atoms with Crippen molar-refractivity contribution in [2.75, 3.05) is 13.2 Å². The Morgan fingerprint density at radius 3 is 2.74 bits per heavy atom. The molecule has 0 fully saturated rings. The lowest BCUT2D eigenvalue weighted by Crippen LogP contribution is -2.17. The van der Waals surface area contributed by atoms with Gasteiger partial charge < -0.3 is 14.6 Å². The SMILES string of the molecule is CCNCc1cccn1CCOc1ccc(Br)cc1. The van der Waals surface area contributed by atoms with E-state index in [2.05, 4.69) is 51.1 Å². The molecule has 2 aromatic rings. The van der Waals surface area contributed by atoms with Gasteiger partial charge in [-0.1, -0.05) is 22.9 Å². The molecule has 1 heterocycles. The molecule has 0 unspecified atom stereocenters. The van der Waals surface area contributed by atoms with Crippen LogP contribution in [0.4, 0.5) is 0 Å². The molecule has 0 spiro atoms. The van der Waals surface area contributed by atoms with Crippen LogP contribution in [0.3, 0.4) is 0 Å². The van der Waals surface area contributed by atoms with Crippen LogP contribution in [0.2, 0.25) is 0 Å². The number of halogens is 1. The summed E-state index contributed by atoms with van der Waals surface area (Å²) >= 11 is 3.41. The summed E-state index contributed by atoms with van der Waals surface area (Å²) < 4.78 is 9.02. The maximum Gasteiger partial charge on any atom is 0.119 e. The summed E-state index contributed by atoms with van der Waals surface area (Å²) in [5.41, 5.74) is 1.29. The lowest BCUT2D eigenvalue weighted by Gasteiger charge is -2.11. The molecule has 4 heteroatoms. The van der Waals surface area contributed by atoms with Crippen LogP contribution < -0.4 is 10.1 Å². The topological polar surface area (TPSA) is 26.2 Å². The Hall–Kier alpha value is -1.26. The summed E-state index contributed by atoms with van der Waals surface area (Å²) in [6.45, 7) is 5.55. The lowest BCUT2D eigenvalue weighted by molar-refractivity contribution is 0.296. The monoisotopic (exact) mass is 322 g/mol. The van der Waals surface area contributed by atoms with E-state index in [1.165, 1.54) is 5.69 Å². The standard InChI is InChI=1S/C15H19BrN2O/c1-2-17-12-14-4-3-9-18(14)10-11-19-15-7-5-13(16)6-8-15/h3-9,17H,2,10-12H2,1H3. The van der Waals surface area contributed by atoms with Crippen molar-refractivity contribution >= 4 is 15.9 Å². The highest BCUT2D eigenvalue weighted by Gasteiger charge is 2.00. The number of hydrogen-bond acceptors (Lipinski definition) is 2. The Bertz CT molecular complexity index is 493. The lowest BCUT2D eigenvalue weighted by atomic mass is 10.3. The van der Waals surface area contributed by atoms with Crippen LogP contribution in [0.1, 0.15) is 12.6 Å². The Kier molecular flexibility index (Phi) is 5.48. The van der Waals surface area contributed by atoms with E-state index in [4.69, 9.17) is 4.74 Å². The maximum absolute atomic E-state index is 5.73. The van der Waals surface area contributed by atoms with E-state index in [9.17, 15) is 0 Å². The van der Waals surface area contributed by atoms with E-state index < -0.39 is 0 Å². The highest BCUT2D eigenvalue weighted by molar-refractivity contribution is 9.10. The third-order valence-electron chi connectivity index (χ3n) is 2.89. The van der Waals surface area contributed by atoms with Gasteiger partial charge in [0.2, 0.25) is 0 Å². The molecule has 0 amide bonds. The summed E-state index contributed by atoms with van der Waals surface area (Å²) in [7, 11) is 0. The summed E-state index contributed by atoms with van der Waals surface area (Å²) in [4.78, 5) is 0. The van der Waals surface area contributed by atoms with Gasteiger partial charge >= 0.3 is 0 Å². The quantitative estimate of drug-likeness (QED) is 0.845. The molecule has 0 bridgehead atoms. The van der Waals surface area contributed by atoms with Crippen molar-refractivity contribution in [3.8, 4) is 5.75 Å². The Morgan fingerprint density at radius 2 is 2.00 bits per heavy atom. The third kappa shape index (κ3) is 4.40. The average Bonchev–Trinajstić information content (AvgIpc) is 2.86. The molecule has 3 nitrogen and oxygen atoms in total. The molecule has 2 rings (SSSR count). The van der Waals surface area contributed by atoms with Gasteiger partial charge in [0, 0.05) is 22.9 Å². The molecule has 0 aliphatic carbocycles. The molecular weight excluding hydrogens is 304 g/mol. The molecule has 102 valence electrons. The second-order valence-corrected chi connectivity index (χ2v) is 5.19. The van der Waals surface area contributed by atoms with Gasteiger partial charge in [0.05, 0.1) is 6.54 Å². The average molecular weight is 323 g/mol. The number of rotatable bonds is 7. The minimum absolute atomic E-state index is 0.676.